The summed E-state index contributed by atoms with van der Waals surface area (Å²) in [6, 6.07) is 10.6. The predicted octanol–water partition coefficient (Wildman–Crippen LogP) is 3.03. The molecule has 0 fully saturated rings. The first-order valence-corrected chi connectivity index (χ1v) is 7.87. The van der Waals surface area contributed by atoms with Crippen LogP contribution in [0.2, 0.25) is 0 Å². The summed E-state index contributed by atoms with van der Waals surface area (Å²) in [4.78, 5) is 2.19. The fourth-order valence-corrected chi connectivity index (χ4v) is 3.01. The van der Waals surface area contributed by atoms with E-state index in [1.807, 2.05) is 6.08 Å². The van der Waals surface area contributed by atoms with Crippen LogP contribution >= 0.6 is 0 Å². The summed E-state index contributed by atoms with van der Waals surface area (Å²) in [5.41, 5.74) is 1.33. The third-order valence-corrected chi connectivity index (χ3v) is 4.34. The molecule has 0 saturated carbocycles. The molecule has 1 aromatic carbocycles. The second kappa shape index (κ2) is 7.17. The SMILES string of the molecule is C(#CC1=CCCCC1)/C=C\[Se]c1ccccc1. The van der Waals surface area contributed by atoms with Gasteiger partial charge in [-0.1, -0.05) is 0 Å². The summed E-state index contributed by atoms with van der Waals surface area (Å²) in [6.45, 7) is 0. The summed E-state index contributed by atoms with van der Waals surface area (Å²) in [6.07, 6.45) is 9.30. The molecule has 1 aromatic rings. The van der Waals surface area contributed by atoms with Gasteiger partial charge in [-0.3, -0.25) is 0 Å². The Morgan fingerprint density at radius 3 is 2.76 bits per heavy atom. The summed E-state index contributed by atoms with van der Waals surface area (Å²) < 4.78 is 1.40. The molecule has 86 valence electrons. The fraction of sp³-hybridized carbons (Fsp3) is 0.250. The van der Waals surface area contributed by atoms with E-state index >= 15 is 0 Å². The predicted molar refractivity (Wildman–Crippen MR) is 75.3 cm³/mol. The van der Waals surface area contributed by atoms with Crippen LogP contribution in [0.15, 0.2) is 53.0 Å². The number of hydrogen-bond donors (Lipinski definition) is 0. The van der Waals surface area contributed by atoms with Crippen molar-refractivity contribution in [2.75, 3.05) is 0 Å². The van der Waals surface area contributed by atoms with Crippen molar-refractivity contribution >= 4 is 19.4 Å². The van der Waals surface area contributed by atoms with E-state index in [2.05, 4.69) is 53.2 Å². The fourth-order valence-electron chi connectivity index (χ4n) is 1.73. The summed E-state index contributed by atoms with van der Waals surface area (Å²) >= 11 is 0.414. The van der Waals surface area contributed by atoms with Crippen molar-refractivity contribution in [3.8, 4) is 11.8 Å². The molecule has 0 N–H and O–H groups in total. The van der Waals surface area contributed by atoms with E-state index in [0.717, 1.165) is 0 Å². The Morgan fingerprint density at radius 2 is 2.00 bits per heavy atom. The van der Waals surface area contributed by atoms with E-state index in [4.69, 9.17) is 0 Å². The first kappa shape index (κ1) is 12.2. The quantitative estimate of drug-likeness (QED) is 0.579. The van der Waals surface area contributed by atoms with Gasteiger partial charge in [0, 0.05) is 0 Å². The van der Waals surface area contributed by atoms with Crippen molar-refractivity contribution in [3.63, 3.8) is 0 Å². The molecule has 1 heteroatoms. The first-order chi connectivity index (χ1) is 8.45. The van der Waals surface area contributed by atoms with E-state index in [1.54, 1.807) is 0 Å². The average Bonchev–Trinajstić information content (AvgIpc) is 2.41. The van der Waals surface area contributed by atoms with Gasteiger partial charge >= 0.3 is 110 Å². The van der Waals surface area contributed by atoms with Gasteiger partial charge < -0.3 is 0 Å². The van der Waals surface area contributed by atoms with Crippen LogP contribution in [0.4, 0.5) is 0 Å². The molecule has 0 unspecified atom stereocenters. The van der Waals surface area contributed by atoms with Gasteiger partial charge in [0.05, 0.1) is 0 Å². The van der Waals surface area contributed by atoms with Gasteiger partial charge in [0.2, 0.25) is 0 Å². The van der Waals surface area contributed by atoms with Crippen LogP contribution in [0.3, 0.4) is 0 Å². The molecule has 0 atom stereocenters. The average molecular weight is 287 g/mol. The Labute approximate surface area is 110 Å². The Kier molecular flexibility index (Phi) is 5.17. The van der Waals surface area contributed by atoms with Crippen LogP contribution in [0.5, 0.6) is 0 Å². The number of allylic oxidation sites excluding steroid dienone is 3. The molecule has 2 rings (SSSR count). The third kappa shape index (κ3) is 4.65. The molecule has 0 aromatic heterocycles. The van der Waals surface area contributed by atoms with Crippen molar-refractivity contribution in [1.29, 1.82) is 0 Å². The van der Waals surface area contributed by atoms with Crippen molar-refractivity contribution < 1.29 is 0 Å². The molecular weight excluding hydrogens is 271 g/mol. The zero-order valence-corrected chi connectivity index (χ0v) is 11.6. The van der Waals surface area contributed by atoms with Crippen LogP contribution in [0.25, 0.3) is 0 Å². The second-order valence-corrected chi connectivity index (χ2v) is 6.03. The zero-order chi connectivity index (χ0) is 11.8. The molecule has 0 bridgehead atoms. The Bertz CT molecular complexity index is 457. The van der Waals surface area contributed by atoms with Gasteiger partial charge in [-0.2, -0.15) is 0 Å². The van der Waals surface area contributed by atoms with Gasteiger partial charge in [0.15, 0.2) is 0 Å². The number of benzene rings is 1. The van der Waals surface area contributed by atoms with Crippen molar-refractivity contribution in [3.05, 3.63) is 53.0 Å². The topological polar surface area (TPSA) is 0 Å². The van der Waals surface area contributed by atoms with Crippen LogP contribution < -0.4 is 4.46 Å². The minimum absolute atomic E-state index is 0.414. The molecule has 0 heterocycles. The molecule has 0 radical (unpaired) electrons. The summed E-state index contributed by atoms with van der Waals surface area (Å²) in [5.74, 6) is 6.38. The summed E-state index contributed by atoms with van der Waals surface area (Å²) in [5, 5.41) is 0. The Hall–Kier alpha value is -1.22. The maximum absolute atomic E-state index is 3.24. The van der Waals surface area contributed by atoms with Crippen LogP contribution in [0, 0.1) is 11.8 Å². The van der Waals surface area contributed by atoms with Crippen molar-refractivity contribution in [1.82, 2.24) is 0 Å². The Balaban J connectivity index is 1.82. The van der Waals surface area contributed by atoms with E-state index < -0.39 is 0 Å². The van der Waals surface area contributed by atoms with Crippen molar-refractivity contribution in [2.45, 2.75) is 25.7 Å². The van der Waals surface area contributed by atoms with Gasteiger partial charge in [0.1, 0.15) is 0 Å². The number of rotatable bonds is 2. The van der Waals surface area contributed by atoms with E-state index in [9.17, 15) is 0 Å². The molecule has 0 amide bonds. The Morgan fingerprint density at radius 1 is 1.12 bits per heavy atom. The first-order valence-electron chi connectivity index (χ1n) is 6.02. The molecular formula is C16H16Se. The molecule has 17 heavy (non-hydrogen) atoms. The minimum atomic E-state index is 0.414. The molecule has 0 nitrogen and oxygen atoms in total. The molecule has 0 aliphatic heterocycles. The monoisotopic (exact) mass is 288 g/mol. The maximum atomic E-state index is 3.24. The second-order valence-electron chi connectivity index (χ2n) is 3.98. The zero-order valence-electron chi connectivity index (χ0n) is 9.86. The number of hydrogen-bond acceptors (Lipinski definition) is 0. The molecule has 1 aliphatic rings. The van der Waals surface area contributed by atoms with Crippen molar-refractivity contribution in [2.24, 2.45) is 0 Å². The van der Waals surface area contributed by atoms with Gasteiger partial charge in [0.25, 0.3) is 0 Å². The van der Waals surface area contributed by atoms with Gasteiger partial charge in [-0.05, 0) is 0 Å². The van der Waals surface area contributed by atoms with E-state index in [-0.39, 0.29) is 0 Å². The van der Waals surface area contributed by atoms with E-state index in [0.29, 0.717) is 15.0 Å². The third-order valence-electron chi connectivity index (χ3n) is 2.62. The van der Waals surface area contributed by atoms with Crippen LogP contribution in [-0.2, 0) is 0 Å². The van der Waals surface area contributed by atoms with Gasteiger partial charge in [-0.15, -0.1) is 0 Å². The standard InChI is InChI=1S/C16H16Se/c1-3-9-15(10-4-1)11-7-8-14-17-16-12-5-2-6-13-16/h2,5-6,8-9,12-14H,1,3-4,10H2/b14-8-. The molecule has 0 spiro atoms. The van der Waals surface area contributed by atoms with E-state index in [1.165, 1.54) is 35.7 Å². The molecule has 1 aliphatic carbocycles. The van der Waals surface area contributed by atoms with Crippen LogP contribution in [0.1, 0.15) is 25.7 Å². The van der Waals surface area contributed by atoms with Gasteiger partial charge in [-0.25, -0.2) is 0 Å². The van der Waals surface area contributed by atoms with Crippen LogP contribution in [-0.4, -0.2) is 15.0 Å². The summed E-state index contributed by atoms with van der Waals surface area (Å²) in [7, 11) is 0. The molecule has 0 saturated heterocycles. The normalized spacial score (nSPS) is 15.2.